The van der Waals surface area contributed by atoms with Crippen molar-refractivity contribution in [3.05, 3.63) is 0 Å². The lowest BCUT2D eigenvalue weighted by Gasteiger charge is -2.18. The Labute approximate surface area is 425 Å². The van der Waals surface area contributed by atoms with Crippen molar-refractivity contribution in [2.45, 2.75) is 349 Å². The molecule has 0 aromatic rings. The van der Waals surface area contributed by atoms with Gasteiger partial charge in [0.25, 0.3) is 0 Å². The summed E-state index contributed by atoms with van der Waals surface area (Å²) in [5.74, 6) is 1.72. The van der Waals surface area contributed by atoms with Crippen molar-refractivity contribution in [1.82, 2.24) is 0 Å². The molecule has 6 heteroatoms. The van der Waals surface area contributed by atoms with Crippen molar-refractivity contribution in [2.24, 2.45) is 17.8 Å². The predicted octanol–water partition coefficient (Wildman–Crippen LogP) is 20.3. The molecule has 0 amide bonds. The van der Waals surface area contributed by atoms with Crippen LogP contribution in [0.4, 0.5) is 0 Å². The maximum atomic E-state index is 12.9. The van der Waals surface area contributed by atoms with Gasteiger partial charge in [-0.05, 0) is 37.0 Å². The second-order valence-electron chi connectivity index (χ2n) is 22.5. The van der Waals surface area contributed by atoms with Crippen LogP contribution >= 0.6 is 0 Å². The van der Waals surface area contributed by atoms with Crippen LogP contribution in [0.5, 0.6) is 0 Å². The van der Waals surface area contributed by atoms with Crippen LogP contribution < -0.4 is 0 Å². The van der Waals surface area contributed by atoms with Gasteiger partial charge in [0.05, 0.1) is 0 Å². The van der Waals surface area contributed by atoms with E-state index in [4.69, 9.17) is 14.2 Å². The van der Waals surface area contributed by atoms with E-state index < -0.39 is 6.10 Å². The minimum absolute atomic E-state index is 0.0632. The van der Waals surface area contributed by atoms with Gasteiger partial charge >= 0.3 is 17.9 Å². The molecule has 0 N–H and O–H groups in total. The summed E-state index contributed by atoms with van der Waals surface area (Å²) < 4.78 is 16.9. The highest BCUT2D eigenvalue weighted by Crippen LogP contribution is 2.19. The fourth-order valence-corrected chi connectivity index (χ4v) is 9.50. The summed E-state index contributed by atoms with van der Waals surface area (Å²) in [6.45, 7) is 13.8. The van der Waals surface area contributed by atoms with E-state index in [1.807, 2.05) is 0 Å². The summed E-state index contributed by atoms with van der Waals surface area (Å²) >= 11 is 0. The van der Waals surface area contributed by atoms with Crippen LogP contribution in [0.3, 0.4) is 0 Å². The molecule has 6 nitrogen and oxygen atoms in total. The van der Waals surface area contributed by atoms with E-state index in [2.05, 4.69) is 41.5 Å². The second-order valence-corrected chi connectivity index (χ2v) is 22.5. The van der Waals surface area contributed by atoms with E-state index in [0.29, 0.717) is 19.3 Å². The number of carbonyl (C=O) groups is 3. The molecular weight excluding hydrogens is 841 g/mol. The molecule has 0 aliphatic rings. The zero-order valence-corrected chi connectivity index (χ0v) is 46.9. The molecule has 0 fully saturated rings. The zero-order valence-electron chi connectivity index (χ0n) is 46.9. The molecule has 404 valence electrons. The first kappa shape index (κ1) is 66.4. The molecule has 0 aromatic heterocycles. The van der Waals surface area contributed by atoms with Gasteiger partial charge in [0.2, 0.25) is 0 Å². The van der Waals surface area contributed by atoms with Crippen LogP contribution in [0.25, 0.3) is 0 Å². The fourth-order valence-electron chi connectivity index (χ4n) is 9.50. The highest BCUT2D eigenvalue weighted by Gasteiger charge is 2.19. The van der Waals surface area contributed by atoms with Gasteiger partial charge in [-0.1, -0.05) is 305 Å². The molecule has 0 heterocycles. The maximum absolute atomic E-state index is 12.9. The van der Waals surface area contributed by atoms with Crippen LogP contribution in [0.15, 0.2) is 0 Å². The SMILES string of the molecule is CCC(C)CCCCCCCCCCCCC(=O)OC[C@@H](COC(=O)CCCCCCCCCCCCCCCCCCCCC(C)C)OC(=O)CCCCCCCCCCCCCCC(C)C. The van der Waals surface area contributed by atoms with Gasteiger partial charge in [-0.25, -0.2) is 0 Å². The van der Waals surface area contributed by atoms with Crippen molar-refractivity contribution in [3.63, 3.8) is 0 Å². The molecular formula is C62H120O6. The monoisotopic (exact) mass is 961 g/mol. The van der Waals surface area contributed by atoms with Gasteiger partial charge in [0.1, 0.15) is 13.2 Å². The summed E-state index contributed by atoms with van der Waals surface area (Å²) in [4.78, 5) is 38.2. The summed E-state index contributed by atoms with van der Waals surface area (Å²) in [5.41, 5.74) is 0. The van der Waals surface area contributed by atoms with Crippen LogP contribution in [-0.4, -0.2) is 37.2 Å². The first-order valence-corrected chi connectivity index (χ1v) is 30.6. The average molecular weight is 962 g/mol. The van der Waals surface area contributed by atoms with Crippen LogP contribution in [0.1, 0.15) is 343 Å². The zero-order chi connectivity index (χ0) is 49.8. The molecule has 0 aliphatic heterocycles. The van der Waals surface area contributed by atoms with Crippen molar-refractivity contribution < 1.29 is 28.6 Å². The molecule has 0 rings (SSSR count). The largest absolute Gasteiger partial charge is 0.462 e. The first-order valence-electron chi connectivity index (χ1n) is 30.6. The van der Waals surface area contributed by atoms with E-state index in [1.165, 1.54) is 225 Å². The van der Waals surface area contributed by atoms with Gasteiger partial charge in [-0.15, -0.1) is 0 Å². The lowest BCUT2D eigenvalue weighted by atomic mass is 9.99. The van der Waals surface area contributed by atoms with Crippen LogP contribution in [-0.2, 0) is 28.6 Å². The number of hydrogen-bond donors (Lipinski definition) is 0. The molecule has 0 aliphatic carbocycles. The second kappa shape index (κ2) is 53.2. The van der Waals surface area contributed by atoms with Crippen molar-refractivity contribution in [2.75, 3.05) is 13.2 Å². The fraction of sp³-hybridized carbons (Fsp3) is 0.952. The Bertz CT molecular complexity index is 1060. The van der Waals surface area contributed by atoms with Crippen molar-refractivity contribution >= 4 is 17.9 Å². The Morgan fingerprint density at radius 2 is 0.515 bits per heavy atom. The summed E-state index contributed by atoms with van der Waals surface area (Å²) in [6.07, 6.45) is 56.7. The Kier molecular flexibility index (Phi) is 52.0. The third kappa shape index (κ3) is 53.8. The average Bonchev–Trinajstić information content (AvgIpc) is 3.31. The van der Waals surface area contributed by atoms with Crippen molar-refractivity contribution in [3.8, 4) is 0 Å². The molecule has 2 atom stereocenters. The number of carbonyl (C=O) groups excluding carboxylic acids is 3. The molecule has 0 bridgehead atoms. The summed E-state index contributed by atoms with van der Waals surface area (Å²) in [6, 6.07) is 0. The number of rotatable bonds is 55. The Balaban J connectivity index is 4.26. The van der Waals surface area contributed by atoms with Gasteiger partial charge < -0.3 is 14.2 Å². The van der Waals surface area contributed by atoms with E-state index >= 15 is 0 Å². The predicted molar refractivity (Wildman–Crippen MR) is 293 cm³/mol. The highest BCUT2D eigenvalue weighted by atomic mass is 16.6. The molecule has 0 saturated heterocycles. The normalized spacial score (nSPS) is 12.5. The topological polar surface area (TPSA) is 78.9 Å². The Morgan fingerprint density at radius 3 is 0.765 bits per heavy atom. The molecule has 68 heavy (non-hydrogen) atoms. The maximum Gasteiger partial charge on any atom is 0.306 e. The molecule has 0 saturated carbocycles. The number of esters is 3. The molecule has 0 radical (unpaired) electrons. The third-order valence-corrected chi connectivity index (χ3v) is 14.5. The van der Waals surface area contributed by atoms with Crippen LogP contribution in [0, 0.1) is 17.8 Å². The van der Waals surface area contributed by atoms with Crippen molar-refractivity contribution in [1.29, 1.82) is 0 Å². The van der Waals surface area contributed by atoms with E-state index in [9.17, 15) is 14.4 Å². The molecule has 0 aromatic carbocycles. The van der Waals surface area contributed by atoms with Gasteiger partial charge in [0.15, 0.2) is 6.10 Å². The minimum atomic E-state index is -0.764. The minimum Gasteiger partial charge on any atom is -0.462 e. The Morgan fingerprint density at radius 1 is 0.294 bits per heavy atom. The first-order chi connectivity index (χ1) is 33.1. The quantitative estimate of drug-likeness (QED) is 0.0343. The summed E-state index contributed by atoms with van der Waals surface area (Å²) in [5, 5.41) is 0. The number of unbranched alkanes of at least 4 members (excludes halogenated alkanes) is 37. The number of ether oxygens (including phenoxy) is 3. The smallest absolute Gasteiger partial charge is 0.306 e. The Hall–Kier alpha value is -1.59. The lowest BCUT2D eigenvalue weighted by molar-refractivity contribution is -0.167. The van der Waals surface area contributed by atoms with Gasteiger partial charge in [-0.2, -0.15) is 0 Å². The number of hydrogen-bond acceptors (Lipinski definition) is 6. The van der Waals surface area contributed by atoms with Gasteiger partial charge in [0, 0.05) is 19.3 Å². The van der Waals surface area contributed by atoms with Crippen LogP contribution in [0.2, 0.25) is 0 Å². The standard InChI is InChI=1S/C62H120O6/c1-7-58(6)50-44-38-32-26-22-23-28-34-40-46-52-61(64)67-55-59(68-62(65)53-47-41-35-29-21-17-16-19-25-31-37-43-49-57(4)5)54-66-60(63)51-45-39-33-27-20-15-13-11-9-8-10-12-14-18-24-30-36-42-48-56(2)3/h56-59H,7-55H2,1-6H3/t58?,59-/m1/s1. The van der Waals surface area contributed by atoms with E-state index in [0.717, 1.165) is 75.5 Å². The summed E-state index contributed by atoms with van der Waals surface area (Å²) in [7, 11) is 0. The highest BCUT2D eigenvalue weighted by molar-refractivity contribution is 5.71. The molecule has 0 spiro atoms. The molecule has 1 unspecified atom stereocenters. The van der Waals surface area contributed by atoms with E-state index in [1.54, 1.807) is 0 Å². The van der Waals surface area contributed by atoms with Gasteiger partial charge in [-0.3, -0.25) is 14.4 Å². The third-order valence-electron chi connectivity index (χ3n) is 14.5. The lowest BCUT2D eigenvalue weighted by Crippen LogP contribution is -2.30. The van der Waals surface area contributed by atoms with E-state index in [-0.39, 0.29) is 31.1 Å².